The van der Waals surface area contributed by atoms with Gasteiger partial charge in [-0.3, -0.25) is 9.59 Å². The zero-order valence-corrected chi connectivity index (χ0v) is 15.8. The van der Waals surface area contributed by atoms with E-state index in [0.29, 0.717) is 6.42 Å². The number of aliphatic carboxylic acids is 1. The standard InChI is InChI=1S/C20H23NO7/c1-3-27-19(25)12-9-13(20(26)28-4-2)11-14(10-12)21-17(22)15-7-5-6-8-16(15)18(23)24/h5-6,9-11,15-16H,3-4,7-8H2,1-2H3,(H,21,22)(H,23,24)/t15-,16-/m0/s1. The molecule has 8 heteroatoms. The Hall–Kier alpha value is -3.16. The predicted molar refractivity (Wildman–Crippen MR) is 100.0 cm³/mol. The number of anilines is 1. The van der Waals surface area contributed by atoms with E-state index in [1.54, 1.807) is 26.0 Å². The predicted octanol–water partition coefficient (Wildman–Crippen LogP) is 2.65. The van der Waals surface area contributed by atoms with Crippen LogP contribution >= 0.6 is 0 Å². The van der Waals surface area contributed by atoms with Gasteiger partial charge in [0.05, 0.1) is 36.2 Å². The highest BCUT2D eigenvalue weighted by Crippen LogP contribution is 2.28. The van der Waals surface area contributed by atoms with Gasteiger partial charge < -0.3 is 19.9 Å². The molecule has 0 spiro atoms. The van der Waals surface area contributed by atoms with E-state index in [2.05, 4.69) is 5.32 Å². The van der Waals surface area contributed by atoms with E-state index in [1.165, 1.54) is 18.2 Å². The number of carbonyl (C=O) groups is 4. The van der Waals surface area contributed by atoms with Crippen molar-refractivity contribution in [1.29, 1.82) is 0 Å². The number of benzene rings is 1. The molecule has 2 rings (SSSR count). The molecule has 1 amide bonds. The number of hydrogen-bond donors (Lipinski definition) is 2. The molecule has 0 aromatic heterocycles. The smallest absolute Gasteiger partial charge is 0.338 e. The number of carboxylic acids is 1. The molecular formula is C20H23NO7. The zero-order valence-electron chi connectivity index (χ0n) is 15.8. The third-order valence-electron chi connectivity index (χ3n) is 4.31. The molecule has 1 aromatic carbocycles. The number of amides is 1. The molecule has 1 aliphatic rings. The Morgan fingerprint density at radius 2 is 1.43 bits per heavy atom. The van der Waals surface area contributed by atoms with Crippen LogP contribution in [0.1, 0.15) is 47.4 Å². The lowest BCUT2D eigenvalue weighted by atomic mass is 9.82. The van der Waals surface area contributed by atoms with Crippen molar-refractivity contribution in [2.75, 3.05) is 18.5 Å². The molecule has 0 bridgehead atoms. The summed E-state index contributed by atoms with van der Waals surface area (Å²) >= 11 is 0. The fourth-order valence-corrected chi connectivity index (χ4v) is 2.98. The third kappa shape index (κ3) is 5.18. The molecule has 0 saturated carbocycles. The highest BCUT2D eigenvalue weighted by molar-refractivity contribution is 6.00. The van der Waals surface area contributed by atoms with Crippen LogP contribution in [-0.2, 0) is 19.1 Å². The Kier molecular flexibility index (Phi) is 7.31. The maximum Gasteiger partial charge on any atom is 0.338 e. The fourth-order valence-electron chi connectivity index (χ4n) is 2.98. The van der Waals surface area contributed by atoms with Crippen LogP contribution in [0.5, 0.6) is 0 Å². The number of carboxylic acid groups (broad SMARTS) is 1. The molecule has 2 atom stereocenters. The Bertz CT molecular complexity index is 763. The first-order valence-electron chi connectivity index (χ1n) is 9.05. The van der Waals surface area contributed by atoms with Gasteiger partial charge in [0.15, 0.2) is 0 Å². The second kappa shape index (κ2) is 9.68. The summed E-state index contributed by atoms with van der Waals surface area (Å²) in [6.45, 7) is 3.61. The molecule has 150 valence electrons. The molecule has 0 heterocycles. The molecule has 0 aliphatic heterocycles. The number of rotatable bonds is 7. The van der Waals surface area contributed by atoms with Crippen molar-refractivity contribution >= 4 is 29.5 Å². The van der Waals surface area contributed by atoms with Crippen LogP contribution in [0.3, 0.4) is 0 Å². The topological polar surface area (TPSA) is 119 Å². The van der Waals surface area contributed by atoms with Gasteiger partial charge in [0.2, 0.25) is 5.91 Å². The SMILES string of the molecule is CCOC(=O)c1cc(NC(=O)[C@H]2CC=CC[C@@H]2C(=O)O)cc(C(=O)OCC)c1. The van der Waals surface area contributed by atoms with Gasteiger partial charge in [-0.05, 0) is 44.9 Å². The maximum atomic E-state index is 12.7. The first kappa shape index (κ1) is 21.1. The average molecular weight is 389 g/mol. The summed E-state index contributed by atoms with van der Waals surface area (Å²) in [6.07, 6.45) is 4.07. The summed E-state index contributed by atoms with van der Waals surface area (Å²) in [6, 6.07) is 4.09. The number of ether oxygens (including phenoxy) is 2. The Morgan fingerprint density at radius 3 is 1.89 bits per heavy atom. The van der Waals surface area contributed by atoms with Crippen molar-refractivity contribution < 1.29 is 33.8 Å². The normalized spacial score (nSPS) is 18.2. The molecule has 0 radical (unpaired) electrons. The first-order valence-corrected chi connectivity index (χ1v) is 9.05. The van der Waals surface area contributed by atoms with Gasteiger partial charge in [0.1, 0.15) is 0 Å². The van der Waals surface area contributed by atoms with E-state index >= 15 is 0 Å². The highest BCUT2D eigenvalue weighted by Gasteiger charge is 2.34. The third-order valence-corrected chi connectivity index (χ3v) is 4.31. The van der Waals surface area contributed by atoms with Gasteiger partial charge >= 0.3 is 17.9 Å². The number of carbonyl (C=O) groups excluding carboxylic acids is 3. The van der Waals surface area contributed by atoms with E-state index in [0.717, 1.165) is 0 Å². The molecule has 28 heavy (non-hydrogen) atoms. The van der Waals surface area contributed by atoms with Crippen molar-refractivity contribution in [2.24, 2.45) is 11.8 Å². The van der Waals surface area contributed by atoms with Gasteiger partial charge in [-0.25, -0.2) is 9.59 Å². The summed E-state index contributed by atoms with van der Waals surface area (Å²) in [5.41, 5.74) is 0.361. The largest absolute Gasteiger partial charge is 0.481 e. The van der Waals surface area contributed by atoms with Gasteiger partial charge in [-0.15, -0.1) is 0 Å². The van der Waals surface area contributed by atoms with Crippen molar-refractivity contribution in [3.63, 3.8) is 0 Å². The van der Waals surface area contributed by atoms with Crippen LogP contribution in [0.15, 0.2) is 30.4 Å². The van der Waals surface area contributed by atoms with Gasteiger partial charge in [0, 0.05) is 5.69 Å². The lowest BCUT2D eigenvalue weighted by Crippen LogP contribution is -2.34. The lowest BCUT2D eigenvalue weighted by Gasteiger charge is -2.24. The monoisotopic (exact) mass is 389 g/mol. The van der Waals surface area contributed by atoms with Crippen molar-refractivity contribution in [1.82, 2.24) is 0 Å². The highest BCUT2D eigenvalue weighted by atomic mass is 16.5. The Balaban J connectivity index is 2.31. The van der Waals surface area contributed by atoms with E-state index < -0.39 is 35.7 Å². The Morgan fingerprint density at radius 1 is 0.929 bits per heavy atom. The summed E-state index contributed by atoms with van der Waals surface area (Å²) < 4.78 is 9.91. The van der Waals surface area contributed by atoms with Gasteiger partial charge in [-0.1, -0.05) is 12.2 Å². The fraction of sp³-hybridized carbons (Fsp3) is 0.400. The second-order valence-corrected chi connectivity index (χ2v) is 6.22. The first-order chi connectivity index (χ1) is 13.4. The van der Waals surface area contributed by atoms with Crippen LogP contribution in [0, 0.1) is 11.8 Å². The van der Waals surface area contributed by atoms with Crippen LogP contribution < -0.4 is 5.32 Å². The molecule has 1 aromatic rings. The van der Waals surface area contributed by atoms with Gasteiger partial charge in [-0.2, -0.15) is 0 Å². The Labute approximate surface area is 162 Å². The zero-order chi connectivity index (χ0) is 20.7. The number of allylic oxidation sites excluding steroid dienone is 2. The molecule has 2 N–H and O–H groups in total. The minimum atomic E-state index is -1.04. The second-order valence-electron chi connectivity index (χ2n) is 6.22. The lowest BCUT2D eigenvalue weighted by molar-refractivity contribution is -0.146. The van der Waals surface area contributed by atoms with Gasteiger partial charge in [0.25, 0.3) is 0 Å². The van der Waals surface area contributed by atoms with E-state index in [1.807, 2.05) is 0 Å². The molecular weight excluding hydrogens is 366 g/mol. The average Bonchev–Trinajstić information content (AvgIpc) is 2.68. The summed E-state index contributed by atoms with van der Waals surface area (Å²) in [5, 5.41) is 12.0. The van der Waals surface area contributed by atoms with Crippen LogP contribution in [0.25, 0.3) is 0 Å². The number of esters is 2. The van der Waals surface area contributed by atoms with Crippen LogP contribution in [0.2, 0.25) is 0 Å². The minimum Gasteiger partial charge on any atom is -0.481 e. The van der Waals surface area contributed by atoms with E-state index in [-0.39, 0.29) is 36.4 Å². The van der Waals surface area contributed by atoms with Crippen LogP contribution in [-0.4, -0.2) is 42.1 Å². The summed E-state index contributed by atoms with van der Waals surface area (Å²) in [4.78, 5) is 48.2. The summed E-state index contributed by atoms with van der Waals surface area (Å²) in [7, 11) is 0. The van der Waals surface area contributed by atoms with Crippen molar-refractivity contribution in [3.8, 4) is 0 Å². The molecule has 0 unspecified atom stereocenters. The quantitative estimate of drug-likeness (QED) is 0.543. The number of nitrogens with one attached hydrogen (secondary N) is 1. The van der Waals surface area contributed by atoms with Crippen LogP contribution in [0.4, 0.5) is 5.69 Å². The molecule has 1 aliphatic carbocycles. The maximum absolute atomic E-state index is 12.7. The minimum absolute atomic E-state index is 0.0843. The van der Waals surface area contributed by atoms with E-state index in [4.69, 9.17) is 9.47 Å². The summed E-state index contributed by atoms with van der Waals surface area (Å²) in [5.74, 6) is -4.41. The van der Waals surface area contributed by atoms with E-state index in [9.17, 15) is 24.3 Å². The van der Waals surface area contributed by atoms with Crippen molar-refractivity contribution in [3.05, 3.63) is 41.5 Å². The number of hydrogen-bond acceptors (Lipinski definition) is 6. The molecule has 0 fully saturated rings. The van der Waals surface area contributed by atoms with Crippen molar-refractivity contribution in [2.45, 2.75) is 26.7 Å². The molecule has 0 saturated heterocycles. The molecule has 8 nitrogen and oxygen atoms in total.